The molecule has 39 heavy (non-hydrogen) atoms. The van der Waals surface area contributed by atoms with Gasteiger partial charge in [0.2, 0.25) is 5.88 Å². The zero-order valence-electron chi connectivity index (χ0n) is 22.9. The minimum atomic E-state index is -4.15. The Morgan fingerprint density at radius 3 is 2.56 bits per heavy atom. The molecule has 1 aliphatic carbocycles. The highest BCUT2D eigenvalue weighted by Crippen LogP contribution is 2.46. The topological polar surface area (TPSA) is 124 Å². The molecule has 1 atom stereocenters. The van der Waals surface area contributed by atoms with Crippen LogP contribution in [0, 0.1) is 12.8 Å². The van der Waals surface area contributed by atoms with E-state index < -0.39 is 15.9 Å². The van der Waals surface area contributed by atoms with Crippen molar-refractivity contribution in [1.29, 1.82) is 0 Å². The van der Waals surface area contributed by atoms with Gasteiger partial charge >= 0.3 is 0 Å². The fraction of sp³-hybridized carbons (Fsp3) is 0.538. The predicted octanol–water partition coefficient (Wildman–Crippen LogP) is 2.94. The lowest BCUT2D eigenvalue weighted by Gasteiger charge is -2.34. The summed E-state index contributed by atoms with van der Waals surface area (Å²) in [5, 5.41) is 8.30. The Morgan fingerprint density at radius 2 is 1.97 bits per heavy atom. The number of hydrogen-bond donors (Lipinski definition) is 1. The summed E-state index contributed by atoms with van der Waals surface area (Å²) >= 11 is 0. The molecule has 3 radical (unpaired) electrons. The van der Waals surface area contributed by atoms with Crippen molar-refractivity contribution in [3.05, 3.63) is 41.9 Å². The highest BCUT2D eigenvalue weighted by atomic mass is 32.2. The van der Waals surface area contributed by atoms with E-state index in [4.69, 9.17) is 9.72 Å². The molecule has 2 fully saturated rings. The number of rotatable bonds is 8. The van der Waals surface area contributed by atoms with Gasteiger partial charge in [-0.15, -0.1) is 5.10 Å². The molecule has 1 saturated heterocycles. The van der Waals surface area contributed by atoms with Gasteiger partial charge in [-0.3, -0.25) is 9.48 Å². The van der Waals surface area contributed by atoms with Crippen molar-refractivity contribution in [2.24, 2.45) is 13.0 Å². The van der Waals surface area contributed by atoms with E-state index in [2.05, 4.69) is 45.9 Å². The first kappa shape index (κ1) is 27.4. The molecule has 1 saturated carbocycles. The van der Waals surface area contributed by atoms with Crippen LogP contribution < -0.4 is 14.4 Å². The number of ether oxygens (including phenoxy) is 1. The van der Waals surface area contributed by atoms with E-state index in [1.807, 2.05) is 4.90 Å². The number of anilines is 1. The number of amides is 1. The number of sulfonamides is 1. The Labute approximate surface area is 232 Å². The van der Waals surface area contributed by atoms with Gasteiger partial charge in [-0.1, -0.05) is 13.3 Å². The summed E-state index contributed by atoms with van der Waals surface area (Å²) in [5.74, 6) is 1.20. The summed E-state index contributed by atoms with van der Waals surface area (Å²) in [6.07, 6.45) is 7.40. The van der Waals surface area contributed by atoms with Gasteiger partial charge in [0.15, 0.2) is 5.82 Å². The molecule has 0 unspecified atom stereocenters. The van der Waals surface area contributed by atoms with E-state index in [9.17, 15) is 13.2 Å². The fourth-order valence-electron chi connectivity index (χ4n) is 5.33. The number of aryl methyl sites for hydroxylation is 1. The molecule has 0 bridgehead atoms. The SMILES string of the molecule is Cc1c(S(=O)(=O)NC(=O)c2ccc(-n3ccc(OCC4CCC4)n3)nc2N2C[C@](C)([Si])CC2(C)C)cnn1C. The molecular formula is C26H34N7O4SSi. The predicted molar refractivity (Wildman–Crippen MR) is 147 cm³/mol. The molecule has 2 aliphatic rings. The van der Waals surface area contributed by atoms with Crippen LogP contribution in [-0.2, 0) is 17.1 Å². The maximum absolute atomic E-state index is 13.5. The number of carbonyl (C=O) groups is 1. The fourth-order valence-corrected chi connectivity index (χ4v) is 7.09. The number of hydrogen-bond acceptors (Lipinski definition) is 8. The third kappa shape index (κ3) is 5.46. The Bertz CT molecular complexity index is 1510. The lowest BCUT2D eigenvalue weighted by molar-refractivity contribution is 0.0981. The Hall–Kier alpha value is -3.19. The van der Waals surface area contributed by atoms with Crippen LogP contribution in [0.4, 0.5) is 5.82 Å². The molecule has 5 rings (SSSR count). The first-order valence-electron chi connectivity index (χ1n) is 13.0. The molecule has 4 heterocycles. The smallest absolute Gasteiger partial charge is 0.268 e. The van der Waals surface area contributed by atoms with Crippen molar-refractivity contribution in [2.75, 3.05) is 18.1 Å². The van der Waals surface area contributed by atoms with E-state index >= 15 is 0 Å². The van der Waals surface area contributed by atoms with Gasteiger partial charge in [0.1, 0.15) is 10.7 Å². The van der Waals surface area contributed by atoms with Crippen molar-refractivity contribution in [1.82, 2.24) is 29.3 Å². The van der Waals surface area contributed by atoms with Crippen molar-refractivity contribution in [2.45, 2.75) is 68.9 Å². The van der Waals surface area contributed by atoms with Crippen molar-refractivity contribution in [3.63, 3.8) is 0 Å². The van der Waals surface area contributed by atoms with E-state index in [0.29, 0.717) is 42.3 Å². The van der Waals surface area contributed by atoms with Crippen LogP contribution in [0.15, 0.2) is 35.5 Å². The van der Waals surface area contributed by atoms with Crippen LogP contribution >= 0.6 is 0 Å². The van der Waals surface area contributed by atoms with Gasteiger partial charge in [-0.2, -0.15) is 5.10 Å². The molecule has 0 spiro atoms. The normalized spacial score (nSPS) is 21.1. The zero-order chi connectivity index (χ0) is 28.2. The third-order valence-electron chi connectivity index (χ3n) is 7.62. The van der Waals surface area contributed by atoms with E-state index in [1.54, 1.807) is 43.0 Å². The number of nitrogens with one attached hydrogen (secondary N) is 1. The molecule has 13 heteroatoms. The molecule has 1 amide bonds. The highest BCUT2D eigenvalue weighted by molar-refractivity contribution is 7.90. The summed E-state index contributed by atoms with van der Waals surface area (Å²) in [5.41, 5.74) is 0.209. The Balaban J connectivity index is 1.49. The largest absolute Gasteiger partial charge is 0.476 e. The monoisotopic (exact) mass is 568 g/mol. The minimum Gasteiger partial charge on any atom is -0.476 e. The van der Waals surface area contributed by atoms with Crippen molar-refractivity contribution >= 4 is 32.0 Å². The standard InChI is InChI=1S/C26H34N7O4SSi/c1-17-20(13-27-31(17)5)38(35,36)30-24(34)19-9-10-21(28-23(19)32-16-26(4,39)15-25(32,2)3)33-12-11-22(29-33)37-14-18-7-6-8-18/h9-13,18H,6-8,14-16H2,1-5H3,(H,30,34)/t26-/m1/s1. The van der Waals surface area contributed by atoms with Gasteiger partial charge in [0.25, 0.3) is 15.9 Å². The molecule has 1 N–H and O–H groups in total. The summed E-state index contributed by atoms with van der Waals surface area (Å²) in [6.45, 7) is 9.08. The minimum absolute atomic E-state index is 0.0512. The molecule has 3 aromatic heterocycles. The van der Waals surface area contributed by atoms with Crippen LogP contribution in [0.2, 0.25) is 5.04 Å². The second kappa shape index (κ2) is 9.77. The number of nitrogens with zero attached hydrogens (tertiary/aromatic N) is 6. The maximum atomic E-state index is 13.5. The van der Waals surface area contributed by atoms with Crippen LogP contribution in [0.1, 0.15) is 62.5 Å². The van der Waals surface area contributed by atoms with E-state index in [0.717, 1.165) is 6.42 Å². The van der Waals surface area contributed by atoms with Crippen LogP contribution in [0.5, 0.6) is 5.88 Å². The summed E-state index contributed by atoms with van der Waals surface area (Å²) in [6, 6.07) is 5.03. The Morgan fingerprint density at radius 1 is 1.23 bits per heavy atom. The molecule has 207 valence electrons. The first-order chi connectivity index (χ1) is 18.3. The van der Waals surface area contributed by atoms with Crippen LogP contribution in [-0.4, -0.2) is 67.8 Å². The lowest BCUT2D eigenvalue weighted by Crippen LogP contribution is -2.41. The quantitative estimate of drug-likeness (QED) is 0.412. The molecular weight excluding hydrogens is 534 g/mol. The second-order valence-electron chi connectivity index (χ2n) is 11.5. The lowest BCUT2D eigenvalue weighted by atomic mass is 9.86. The number of aromatic nitrogens is 5. The van der Waals surface area contributed by atoms with E-state index in [1.165, 1.54) is 30.1 Å². The van der Waals surface area contributed by atoms with Crippen LogP contribution in [0.25, 0.3) is 5.82 Å². The molecule has 0 aromatic carbocycles. The first-order valence-corrected chi connectivity index (χ1v) is 15.0. The summed E-state index contributed by atoms with van der Waals surface area (Å²) in [4.78, 5) is 20.3. The molecule has 1 aliphatic heterocycles. The summed E-state index contributed by atoms with van der Waals surface area (Å²) in [7, 11) is 1.35. The third-order valence-corrected chi connectivity index (χ3v) is 9.39. The molecule has 11 nitrogen and oxygen atoms in total. The van der Waals surface area contributed by atoms with Gasteiger partial charge < -0.3 is 9.64 Å². The Kier molecular flexibility index (Phi) is 6.86. The number of pyridine rings is 1. The second-order valence-corrected chi connectivity index (χ2v) is 14.4. The molecule has 3 aromatic rings. The van der Waals surface area contributed by atoms with Crippen LogP contribution in [0.3, 0.4) is 0 Å². The van der Waals surface area contributed by atoms with Crippen molar-refractivity contribution in [3.8, 4) is 11.7 Å². The maximum Gasteiger partial charge on any atom is 0.268 e. The average molecular weight is 569 g/mol. The van der Waals surface area contributed by atoms with Gasteiger partial charge in [-0.25, -0.2) is 22.8 Å². The van der Waals surface area contributed by atoms with Gasteiger partial charge in [0, 0.05) is 41.6 Å². The van der Waals surface area contributed by atoms with E-state index in [-0.39, 0.29) is 21.0 Å². The highest BCUT2D eigenvalue weighted by Gasteiger charge is 2.45. The summed E-state index contributed by atoms with van der Waals surface area (Å²) < 4.78 is 37.3. The van der Waals surface area contributed by atoms with Crippen molar-refractivity contribution < 1.29 is 17.9 Å². The average Bonchev–Trinajstić information content (AvgIpc) is 3.47. The van der Waals surface area contributed by atoms with Gasteiger partial charge in [-0.05, 0) is 63.1 Å². The van der Waals surface area contributed by atoms with Gasteiger partial charge in [0.05, 0.1) is 24.1 Å². The zero-order valence-corrected chi connectivity index (χ0v) is 24.7. The number of carbonyl (C=O) groups excluding carboxylic acids is 1.